The smallest absolute Gasteiger partial charge is 0.0741 e. The van der Waals surface area contributed by atoms with Gasteiger partial charge in [-0.2, -0.15) is 0 Å². The minimum absolute atomic E-state index is 0.159. The molecule has 8 heavy (non-hydrogen) atoms. The summed E-state index contributed by atoms with van der Waals surface area (Å²) >= 11 is 0. The molecule has 0 saturated carbocycles. The van der Waals surface area contributed by atoms with Gasteiger partial charge in [-0.15, -0.1) is 13.2 Å². The Hall–Kier alpha value is -0.600. The van der Waals surface area contributed by atoms with Crippen molar-refractivity contribution < 1.29 is 0 Å². The molecule has 0 fully saturated rings. The Morgan fingerprint density at radius 1 is 1.50 bits per heavy atom. The summed E-state index contributed by atoms with van der Waals surface area (Å²) in [6.07, 6.45) is 3.08. The molecule has 0 bridgehead atoms. The van der Waals surface area contributed by atoms with Gasteiger partial charge >= 0.3 is 0 Å². The maximum absolute atomic E-state index is 5.35. The van der Waals surface area contributed by atoms with Crippen molar-refractivity contribution >= 4 is 0 Å². The molecule has 0 aliphatic carbocycles. The van der Waals surface area contributed by atoms with E-state index in [0.717, 1.165) is 0 Å². The van der Waals surface area contributed by atoms with E-state index in [1.165, 1.54) is 0 Å². The molecule has 2 nitrogen and oxygen atoms in total. The van der Waals surface area contributed by atoms with Crippen molar-refractivity contribution in [2.75, 3.05) is 0 Å². The predicted molar refractivity (Wildman–Crippen MR) is 35.8 cm³/mol. The predicted octanol–water partition coefficient (Wildman–Crippen LogP) is 0.395. The van der Waals surface area contributed by atoms with Crippen molar-refractivity contribution in [3.63, 3.8) is 0 Å². The van der Waals surface area contributed by atoms with Gasteiger partial charge in [-0.25, -0.2) is 0 Å². The molecule has 3 N–H and O–H groups in total. The molecule has 0 spiro atoms. The van der Waals surface area contributed by atoms with Crippen LogP contribution < -0.4 is 11.1 Å². The molecule has 1 radical (unpaired) electrons. The van der Waals surface area contributed by atoms with Crippen LogP contribution in [0.2, 0.25) is 0 Å². The molecule has 0 rings (SSSR count). The average Bonchev–Trinajstić information content (AvgIpc) is 1.83. The van der Waals surface area contributed by atoms with Crippen molar-refractivity contribution in [1.29, 1.82) is 0 Å². The molecule has 45 valence electrons. The zero-order valence-electron chi connectivity index (χ0n) is 4.80. The van der Waals surface area contributed by atoms with Crippen molar-refractivity contribution in [3.05, 3.63) is 31.9 Å². The summed E-state index contributed by atoms with van der Waals surface area (Å²) in [6, 6.07) is 0. The van der Waals surface area contributed by atoms with Crippen LogP contribution in [0.15, 0.2) is 25.3 Å². The van der Waals surface area contributed by atoms with Crippen LogP contribution in [0, 0.1) is 6.54 Å². The lowest BCUT2D eigenvalue weighted by atomic mass is 10.5. The maximum Gasteiger partial charge on any atom is 0.0741 e. The molecule has 0 aliphatic heterocycles. The highest BCUT2D eigenvalue weighted by atomic mass is 15.0. The molecular weight excluding hydrogens is 100 g/mol. The Morgan fingerprint density at radius 3 is 2.50 bits per heavy atom. The van der Waals surface area contributed by atoms with E-state index >= 15 is 0 Å². The third-order valence-corrected chi connectivity index (χ3v) is 0.660. The van der Waals surface area contributed by atoms with Crippen molar-refractivity contribution in [2.45, 2.75) is 6.17 Å². The summed E-state index contributed by atoms with van der Waals surface area (Å²) in [5, 5.41) is 2.80. The van der Waals surface area contributed by atoms with Gasteiger partial charge in [0, 0.05) is 6.54 Å². The first kappa shape index (κ1) is 7.40. The molecule has 0 heterocycles. The van der Waals surface area contributed by atoms with Gasteiger partial charge in [-0.3, -0.25) is 5.32 Å². The second kappa shape index (κ2) is 4.56. The Balaban J connectivity index is 3.09. The van der Waals surface area contributed by atoms with E-state index < -0.39 is 0 Å². The minimum atomic E-state index is -0.159. The van der Waals surface area contributed by atoms with Crippen LogP contribution in [0.4, 0.5) is 0 Å². The Morgan fingerprint density at radius 2 is 2.12 bits per heavy atom. The van der Waals surface area contributed by atoms with Crippen LogP contribution in [0.3, 0.4) is 0 Å². The number of hydrogen-bond acceptors (Lipinski definition) is 2. The quantitative estimate of drug-likeness (QED) is 0.407. The maximum atomic E-state index is 5.35. The zero-order chi connectivity index (χ0) is 6.41. The first-order valence-electron chi connectivity index (χ1n) is 2.39. The van der Waals surface area contributed by atoms with Crippen LogP contribution in [0.1, 0.15) is 0 Å². The zero-order valence-corrected chi connectivity index (χ0v) is 4.80. The Labute approximate surface area is 50.1 Å². The summed E-state index contributed by atoms with van der Waals surface area (Å²) in [4.78, 5) is 0. The molecule has 0 amide bonds. The van der Waals surface area contributed by atoms with Crippen LogP contribution in [0.5, 0.6) is 0 Å². The highest BCUT2D eigenvalue weighted by Gasteiger charge is 1.87. The van der Waals surface area contributed by atoms with Crippen LogP contribution in [-0.4, -0.2) is 6.17 Å². The second-order valence-corrected chi connectivity index (χ2v) is 1.33. The first-order chi connectivity index (χ1) is 3.81. The first-order valence-corrected chi connectivity index (χ1v) is 2.39. The number of rotatable bonds is 4. The summed E-state index contributed by atoms with van der Waals surface area (Å²) in [6.45, 7) is 8.60. The van der Waals surface area contributed by atoms with Gasteiger partial charge in [-0.1, -0.05) is 12.2 Å². The molecule has 0 aromatic rings. The van der Waals surface area contributed by atoms with E-state index in [1.54, 1.807) is 18.7 Å². The van der Waals surface area contributed by atoms with Crippen LogP contribution in [0.25, 0.3) is 0 Å². The summed E-state index contributed by atoms with van der Waals surface area (Å²) in [5.41, 5.74) is 5.35. The molecule has 0 saturated heterocycles. The van der Waals surface area contributed by atoms with Crippen LogP contribution in [-0.2, 0) is 0 Å². The Bertz CT molecular complexity index is 78.6. The van der Waals surface area contributed by atoms with Crippen molar-refractivity contribution in [2.24, 2.45) is 5.73 Å². The van der Waals surface area contributed by atoms with Gasteiger partial charge in [0.05, 0.1) is 6.17 Å². The molecule has 1 atom stereocenters. The standard InChI is InChI=1S/C6H11N2/c1-3-5-8-6(7)4-2/h3-6,8H,1-2,7H2. The number of nitrogens with two attached hydrogens (primary N) is 1. The van der Waals surface area contributed by atoms with Gasteiger partial charge < -0.3 is 5.73 Å². The van der Waals surface area contributed by atoms with Gasteiger partial charge in [0.1, 0.15) is 0 Å². The third kappa shape index (κ3) is 3.59. The molecular formula is C6H11N2. The van der Waals surface area contributed by atoms with E-state index in [9.17, 15) is 0 Å². The van der Waals surface area contributed by atoms with Crippen LogP contribution >= 0.6 is 0 Å². The van der Waals surface area contributed by atoms with Gasteiger partial charge in [-0.05, 0) is 0 Å². The van der Waals surface area contributed by atoms with Gasteiger partial charge in [0.2, 0.25) is 0 Å². The monoisotopic (exact) mass is 111 g/mol. The van der Waals surface area contributed by atoms with Crippen molar-refractivity contribution in [1.82, 2.24) is 5.32 Å². The normalized spacial score (nSPS) is 12.6. The fraction of sp³-hybridized carbons (Fsp3) is 0.167. The lowest BCUT2D eigenvalue weighted by Gasteiger charge is -2.03. The van der Waals surface area contributed by atoms with Gasteiger partial charge in [0.15, 0.2) is 0 Å². The topological polar surface area (TPSA) is 38.0 Å². The SMILES string of the molecule is C=C[CH]NC(N)C=C. The lowest BCUT2D eigenvalue weighted by Crippen LogP contribution is -2.32. The fourth-order valence-electron chi connectivity index (χ4n) is 0.247. The van der Waals surface area contributed by atoms with Crippen molar-refractivity contribution in [3.8, 4) is 0 Å². The molecule has 0 aromatic heterocycles. The van der Waals surface area contributed by atoms with E-state index in [-0.39, 0.29) is 6.17 Å². The molecule has 0 aromatic carbocycles. The molecule has 1 unspecified atom stereocenters. The molecule has 2 heteroatoms. The minimum Gasteiger partial charge on any atom is -0.313 e. The van der Waals surface area contributed by atoms with E-state index in [1.807, 2.05) is 0 Å². The average molecular weight is 111 g/mol. The largest absolute Gasteiger partial charge is 0.313 e. The summed E-state index contributed by atoms with van der Waals surface area (Å²) < 4.78 is 0. The van der Waals surface area contributed by atoms with E-state index in [4.69, 9.17) is 5.73 Å². The number of nitrogens with one attached hydrogen (secondary N) is 1. The van der Waals surface area contributed by atoms with E-state index in [2.05, 4.69) is 18.5 Å². The number of hydrogen-bond donors (Lipinski definition) is 2. The fourth-order valence-corrected chi connectivity index (χ4v) is 0.247. The van der Waals surface area contributed by atoms with Gasteiger partial charge in [0.25, 0.3) is 0 Å². The molecule has 0 aliphatic rings. The second-order valence-electron chi connectivity index (χ2n) is 1.33. The lowest BCUT2D eigenvalue weighted by molar-refractivity contribution is 0.709. The highest BCUT2D eigenvalue weighted by Crippen LogP contribution is 1.74. The summed E-state index contributed by atoms with van der Waals surface area (Å²) in [7, 11) is 0. The van der Waals surface area contributed by atoms with E-state index in [0.29, 0.717) is 0 Å². The third-order valence-electron chi connectivity index (χ3n) is 0.660. The highest BCUT2D eigenvalue weighted by molar-refractivity contribution is 4.90. The Kier molecular flexibility index (Phi) is 4.21. The summed E-state index contributed by atoms with van der Waals surface area (Å²) in [5.74, 6) is 0.